The van der Waals surface area contributed by atoms with E-state index in [-0.39, 0.29) is 11.7 Å². The van der Waals surface area contributed by atoms with Crippen LogP contribution in [0.25, 0.3) is 0 Å². The molecule has 1 heterocycles. The molecule has 0 radical (unpaired) electrons. The van der Waals surface area contributed by atoms with Crippen molar-refractivity contribution in [2.75, 3.05) is 13.7 Å². The first-order chi connectivity index (χ1) is 7.24. The van der Waals surface area contributed by atoms with Crippen LogP contribution in [0.3, 0.4) is 0 Å². The molecule has 0 saturated heterocycles. The van der Waals surface area contributed by atoms with Crippen molar-refractivity contribution < 1.29 is 9.53 Å². The van der Waals surface area contributed by atoms with Gasteiger partial charge in [0.15, 0.2) is 0 Å². The summed E-state index contributed by atoms with van der Waals surface area (Å²) in [5.74, 6) is 0.330. The van der Waals surface area contributed by atoms with Crippen LogP contribution in [0.2, 0.25) is 0 Å². The van der Waals surface area contributed by atoms with Gasteiger partial charge in [0, 0.05) is 38.4 Å². The highest BCUT2D eigenvalue weighted by Crippen LogP contribution is 2.08. The van der Waals surface area contributed by atoms with Crippen LogP contribution in [-0.2, 0) is 16.0 Å². The molecule has 3 heteroatoms. The Hall–Kier alpha value is -1.22. The maximum Gasteiger partial charge on any atom is 0.140 e. The Balaban J connectivity index is 2.42. The van der Waals surface area contributed by atoms with E-state index in [0.717, 1.165) is 12.0 Å². The number of nitrogens with zero attached hydrogens (tertiary/aromatic N) is 1. The SMILES string of the molecule is COCCC(C)C(=O)Cc1ccncc1. The quantitative estimate of drug-likeness (QED) is 0.714. The summed E-state index contributed by atoms with van der Waals surface area (Å²) >= 11 is 0. The van der Waals surface area contributed by atoms with E-state index in [4.69, 9.17) is 4.74 Å². The number of methoxy groups -OCH3 is 1. The number of hydrogen-bond donors (Lipinski definition) is 0. The lowest BCUT2D eigenvalue weighted by Crippen LogP contribution is -2.15. The van der Waals surface area contributed by atoms with Gasteiger partial charge in [0.1, 0.15) is 5.78 Å². The predicted octanol–water partition coefficient (Wildman–Crippen LogP) is 1.87. The third kappa shape index (κ3) is 4.21. The second kappa shape index (κ2) is 6.30. The first kappa shape index (κ1) is 11.9. The summed E-state index contributed by atoms with van der Waals surface area (Å²) in [4.78, 5) is 15.7. The number of pyridine rings is 1. The molecule has 1 aromatic rings. The molecule has 1 aromatic heterocycles. The number of carbonyl (C=O) groups excluding carboxylic acids is 1. The third-order valence-corrected chi connectivity index (χ3v) is 2.43. The summed E-state index contributed by atoms with van der Waals surface area (Å²) < 4.78 is 4.95. The van der Waals surface area contributed by atoms with E-state index in [1.165, 1.54) is 0 Å². The van der Waals surface area contributed by atoms with E-state index >= 15 is 0 Å². The molecule has 0 aliphatic heterocycles. The van der Waals surface area contributed by atoms with Crippen LogP contribution in [-0.4, -0.2) is 24.5 Å². The van der Waals surface area contributed by atoms with Crippen molar-refractivity contribution in [1.29, 1.82) is 0 Å². The Kier molecular flexibility index (Phi) is 4.98. The number of aromatic nitrogens is 1. The lowest BCUT2D eigenvalue weighted by Gasteiger charge is -2.09. The van der Waals surface area contributed by atoms with Crippen molar-refractivity contribution in [2.24, 2.45) is 5.92 Å². The zero-order valence-corrected chi connectivity index (χ0v) is 9.27. The minimum absolute atomic E-state index is 0.0677. The molecule has 0 spiro atoms. The summed E-state index contributed by atoms with van der Waals surface area (Å²) in [6, 6.07) is 3.75. The van der Waals surface area contributed by atoms with E-state index in [9.17, 15) is 4.79 Å². The van der Waals surface area contributed by atoms with Crippen molar-refractivity contribution in [3.8, 4) is 0 Å². The standard InChI is InChI=1S/C12H17NO2/c1-10(5-8-15-2)12(14)9-11-3-6-13-7-4-11/h3-4,6-7,10H,5,8-9H2,1-2H3. The van der Waals surface area contributed by atoms with Gasteiger partial charge in [0.2, 0.25) is 0 Å². The van der Waals surface area contributed by atoms with Crippen molar-refractivity contribution in [2.45, 2.75) is 19.8 Å². The highest BCUT2D eigenvalue weighted by molar-refractivity contribution is 5.82. The molecule has 0 N–H and O–H groups in total. The molecule has 0 bridgehead atoms. The molecule has 0 aliphatic rings. The molecular formula is C12H17NO2. The van der Waals surface area contributed by atoms with Gasteiger partial charge in [0.05, 0.1) is 0 Å². The molecule has 0 saturated carbocycles. The molecule has 3 nitrogen and oxygen atoms in total. The number of Topliss-reactive ketones (excluding diaryl/α,β-unsaturated/α-hetero) is 1. The van der Waals surface area contributed by atoms with E-state index < -0.39 is 0 Å². The predicted molar refractivity (Wildman–Crippen MR) is 58.6 cm³/mol. The molecule has 1 atom stereocenters. The summed E-state index contributed by atoms with van der Waals surface area (Å²) in [6.45, 7) is 2.59. The number of carbonyl (C=O) groups is 1. The maximum absolute atomic E-state index is 11.7. The largest absolute Gasteiger partial charge is 0.385 e. The number of ether oxygens (including phenoxy) is 1. The molecule has 0 aromatic carbocycles. The second-order valence-electron chi connectivity index (χ2n) is 3.68. The van der Waals surface area contributed by atoms with Gasteiger partial charge in [-0.2, -0.15) is 0 Å². The lowest BCUT2D eigenvalue weighted by atomic mass is 9.97. The highest BCUT2D eigenvalue weighted by atomic mass is 16.5. The number of rotatable bonds is 6. The van der Waals surface area contributed by atoms with E-state index in [0.29, 0.717) is 13.0 Å². The van der Waals surface area contributed by atoms with E-state index in [2.05, 4.69) is 4.98 Å². The smallest absolute Gasteiger partial charge is 0.140 e. The minimum Gasteiger partial charge on any atom is -0.385 e. The molecule has 1 rings (SSSR count). The summed E-state index contributed by atoms with van der Waals surface area (Å²) in [6.07, 6.45) is 4.71. The minimum atomic E-state index is 0.0677. The average Bonchev–Trinajstić information content (AvgIpc) is 2.27. The first-order valence-corrected chi connectivity index (χ1v) is 5.14. The average molecular weight is 207 g/mol. The van der Waals surface area contributed by atoms with E-state index in [1.807, 2.05) is 19.1 Å². The zero-order chi connectivity index (χ0) is 11.1. The fourth-order valence-corrected chi connectivity index (χ4v) is 1.33. The summed E-state index contributed by atoms with van der Waals surface area (Å²) in [5, 5.41) is 0. The van der Waals surface area contributed by atoms with Gasteiger partial charge >= 0.3 is 0 Å². The molecule has 82 valence electrons. The molecule has 0 fully saturated rings. The van der Waals surface area contributed by atoms with Gasteiger partial charge in [0.25, 0.3) is 0 Å². The monoisotopic (exact) mass is 207 g/mol. The van der Waals surface area contributed by atoms with E-state index in [1.54, 1.807) is 19.5 Å². The summed E-state index contributed by atoms with van der Waals surface area (Å²) in [7, 11) is 1.65. The molecule has 1 unspecified atom stereocenters. The van der Waals surface area contributed by atoms with Crippen molar-refractivity contribution in [1.82, 2.24) is 4.98 Å². The first-order valence-electron chi connectivity index (χ1n) is 5.14. The second-order valence-corrected chi connectivity index (χ2v) is 3.68. The van der Waals surface area contributed by atoms with Crippen LogP contribution in [0.15, 0.2) is 24.5 Å². The van der Waals surface area contributed by atoms with Crippen molar-refractivity contribution in [3.05, 3.63) is 30.1 Å². The Morgan fingerprint density at radius 1 is 1.47 bits per heavy atom. The van der Waals surface area contributed by atoms with Crippen LogP contribution in [0.4, 0.5) is 0 Å². The Labute approximate surface area is 90.5 Å². The lowest BCUT2D eigenvalue weighted by molar-refractivity contribution is -0.122. The Morgan fingerprint density at radius 3 is 2.73 bits per heavy atom. The van der Waals surface area contributed by atoms with Crippen LogP contribution >= 0.6 is 0 Å². The fourth-order valence-electron chi connectivity index (χ4n) is 1.33. The van der Waals surface area contributed by atoms with Gasteiger partial charge in [-0.3, -0.25) is 9.78 Å². The number of ketones is 1. The number of hydrogen-bond acceptors (Lipinski definition) is 3. The fraction of sp³-hybridized carbons (Fsp3) is 0.500. The van der Waals surface area contributed by atoms with Gasteiger partial charge in [-0.05, 0) is 24.1 Å². The Morgan fingerprint density at radius 2 is 2.13 bits per heavy atom. The van der Waals surface area contributed by atoms with Gasteiger partial charge in [-0.1, -0.05) is 6.92 Å². The zero-order valence-electron chi connectivity index (χ0n) is 9.27. The maximum atomic E-state index is 11.7. The van der Waals surface area contributed by atoms with Crippen LogP contribution < -0.4 is 0 Å². The highest BCUT2D eigenvalue weighted by Gasteiger charge is 2.12. The van der Waals surface area contributed by atoms with Crippen LogP contribution in [0.1, 0.15) is 18.9 Å². The van der Waals surface area contributed by atoms with Gasteiger partial charge in [-0.25, -0.2) is 0 Å². The van der Waals surface area contributed by atoms with Crippen LogP contribution in [0.5, 0.6) is 0 Å². The topological polar surface area (TPSA) is 39.2 Å². The molecule has 0 aliphatic carbocycles. The van der Waals surface area contributed by atoms with Gasteiger partial charge in [-0.15, -0.1) is 0 Å². The Bertz CT molecular complexity index is 298. The molecule has 15 heavy (non-hydrogen) atoms. The van der Waals surface area contributed by atoms with Crippen molar-refractivity contribution >= 4 is 5.78 Å². The normalized spacial score (nSPS) is 12.4. The van der Waals surface area contributed by atoms with Crippen molar-refractivity contribution in [3.63, 3.8) is 0 Å². The third-order valence-electron chi connectivity index (χ3n) is 2.43. The van der Waals surface area contributed by atoms with Gasteiger partial charge < -0.3 is 4.74 Å². The summed E-state index contributed by atoms with van der Waals surface area (Å²) in [5.41, 5.74) is 1.03. The molecular weight excluding hydrogens is 190 g/mol. The molecule has 0 amide bonds. The van der Waals surface area contributed by atoms with Crippen LogP contribution in [0, 0.1) is 5.92 Å².